The van der Waals surface area contributed by atoms with E-state index in [4.69, 9.17) is 10.2 Å². The molecule has 8 heteroatoms. The number of benzene rings is 1. The van der Waals surface area contributed by atoms with Gasteiger partial charge in [-0.2, -0.15) is 4.31 Å². The van der Waals surface area contributed by atoms with E-state index in [2.05, 4.69) is 0 Å². The van der Waals surface area contributed by atoms with Gasteiger partial charge in [0.15, 0.2) is 0 Å². The van der Waals surface area contributed by atoms with Crippen LogP contribution in [0.2, 0.25) is 0 Å². The molecule has 0 saturated carbocycles. The summed E-state index contributed by atoms with van der Waals surface area (Å²) in [7, 11) is -3.54. The summed E-state index contributed by atoms with van der Waals surface area (Å²) in [5.41, 5.74) is 5.53. The average molecular weight is 373 g/mol. The predicted octanol–water partition coefficient (Wildman–Crippen LogP) is 1.96. The predicted molar refractivity (Wildman–Crippen MR) is 94.9 cm³/mol. The second-order valence-corrected chi connectivity index (χ2v) is 7.84. The number of halogens is 1. The summed E-state index contributed by atoms with van der Waals surface area (Å²) in [5.74, 6) is 0.321. The Bertz CT molecular complexity index is 864. The van der Waals surface area contributed by atoms with E-state index in [-0.39, 0.29) is 17.3 Å². The molecule has 6 nitrogen and oxygen atoms in total. The first-order chi connectivity index (χ1) is 11.0. The van der Waals surface area contributed by atoms with Crippen LogP contribution in [0.4, 0.5) is 0 Å². The minimum atomic E-state index is -3.54. The molecule has 0 radical (unpaired) electrons. The van der Waals surface area contributed by atoms with E-state index < -0.39 is 15.6 Å². The Labute approximate surface area is 147 Å². The maximum atomic E-state index is 12.8. The minimum Gasteiger partial charge on any atom is -0.423 e. The lowest BCUT2D eigenvalue weighted by Gasteiger charge is -2.31. The Morgan fingerprint density at radius 3 is 2.79 bits per heavy atom. The van der Waals surface area contributed by atoms with Gasteiger partial charge in [0.05, 0.1) is 4.90 Å². The van der Waals surface area contributed by atoms with E-state index in [1.54, 1.807) is 12.1 Å². The van der Waals surface area contributed by atoms with Crippen LogP contribution >= 0.6 is 12.4 Å². The molecule has 1 saturated heterocycles. The summed E-state index contributed by atoms with van der Waals surface area (Å²) >= 11 is 0. The van der Waals surface area contributed by atoms with Crippen LogP contribution in [-0.2, 0) is 10.0 Å². The Morgan fingerprint density at radius 2 is 2.04 bits per heavy atom. The molecule has 2 aromatic rings. The fraction of sp³-hybridized carbons (Fsp3) is 0.438. The lowest BCUT2D eigenvalue weighted by molar-refractivity contribution is 0.258. The van der Waals surface area contributed by atoms with Crippen LogP contribution in [0.1, 0.15) is 19.3 Å². The van der Waals surface area contributed by atoms with Crippen molar-refractivity contribution in [2.24, 2.45) is 11.7 Å². The fourth-order valence-electron chi connectivity index (χ4n) is 3.08. The molecular formula is C16H21ClN2O4S. The zero-order chi connectivity index (χ0) is 16.4. The van der Waals surface area contributed by atoms with E-state index in [9.17, 15) is 13.2 Å². The second-order valence-electron chi connectivity index (χ2n) is 5.90. The standard InChI is InChI=1S/C16H20N2O4S.ClH/c17-8-7-12-2-1-9-18(11-12)23(20,21)14-4-5-15-13(10-14)3-6-16(19)22-15;/h3-6,10,12H,1-2,7-9,11,17H2;1H. The summed E-state index contributed by atoms with van der Waals surface area (Å²) in [6.45, 7) is 1.63. The van der Waals surface area contributed by atoms with Crippen molar-refractivity contribution in [3.05, 3.63) is 40.8 Å². The summed E-state index contributed by atoms with van der Waals surface area (Å²) < 4.78 is 32.3. The Morgan fingerprint density at radius 1 is 1.25 bits per heavy atom. The summed E-state index contributed by atoms with van der Waals surface area (Å²) in [5, 5.41) is 0.598. The number of nitrogens with two attached hydrogens (primary N) is 1. The van der Waals surface area contributed by atoms with Crippen LogP contribution in [0, 0.1) is 5.92 Å². The van der Waals surface area contributed by atoms with Gasteiger partial charge >= 0.3 is 5.63 Å². The molecule has 0 amide bonds. The average Bonchev–Trinajstić information content (AvgIpc) is 2.55. The van der Waals surface area contributed by atoms with Gasteiger partial charge < -0.3 is 10.2 Å². The molecule has 132 valence electrons. The number of hydrogen-bond donors (Lipinski definition) is 1. The summed E-state index contributed by atoms with van der Waals surface area (Å²) in [6, 6.07) is 7.45. The van der Waals surface area contributed by atoms with Crippen molar-refractivity contribution in [1.82, 2.24) is 4.31 Å². The molecule has 0 bridgehead atoms. The van der Waals surface area contributed by atoms with Crippen molar-refractivity contribution in [2.75, 3.05) is 19.6 Å². The molecule has 1 aliphatic heterocycles. The molecule has 3 rings (SSSR count). The number of hydrogen-bond acceptors (Lipinski definition) is 5. The van der Waals surface area contributed by atoms with Crippen molar-refractivity contribution in [1.29, 1.82) is 0 Å². The monoisotopic (exact) mass is 372 g/mol. The van der Waals surface area contributed by atoms with Gasteiger partial charge in [0.2, 0.25) is 10.0 Å². The van der Waals surface area contributed by atoms with Crippen molar-refractivity contribution in [2.45, 2.75) is 24.2 Å². The molecular weight excluding hydrogens is 352 g/mol. The highest BCUT2D eigenvalue weighted by Crippen LogP contribution is 2.26. The highest BCUT2D eigenvalue weighted by molar-refractivity contribution is 7.89. The smallest absolute Gasteiger partial charge is 0.336 e. The second kappa shape index (κ2) is 7.65. The zero-order valence-electron chi connectivity index (χ0n) is 13.2. The van der Waals surface area contributed by atoms with Crippen molar-refractivity contribution < 1.29 is 12.8 Å². The highest BCUT2D eigenvalue weighted by Gasteiger charge is 2.30. The van der Waals surface area contributed by atoms with E-state index in [0.717, 1.165) is 19.3 Å². The third kappa shape index (κ3) is 3.80. The van der Waals surface area contributed by atoms with Gasteiger partial charge in [-0.1, -0.05) is 0 Å². The molecule has 1 atom stereocenters. The topological polar surface area (TPSA) is 93.6 Å². The van der Waals surface area contributed by atoms with Crippen molar-refractivity contribution in [3.8, 4) is 0 Å². The quantitative estimate of drug-likeness (QED) is 0.828. The molecule has 1 unspecified atom stereocenters. The lowest BCUT2D eigenvalue weighted by Crippen LogP contribution is -2.40. The third-order valence-electron chi connectivity index (χ3n) is 4.29. The number of piperidine rings is 1. The number of fused-ring (bicyclic) bond motifs is 1. The van der Waals surface area contributed by atoms with Gasteiger partial charge in [-0.25, -0.2) is 13.2 Å². The van der Waals surface area contributed by atoms with Crippen molar-refractivity contribution >= 4 is 33.4 Å². The van der Waals surface area contributed by atoms with Gasteiger partial charge in [0, 0.05) is 24.5 Å². The third-order valence-corrected chi connectivity index (χ3v) is 6.15. The molecule has 0 aliphatic carbocycles. The highest BCUT2D eigenvalue weighted by atomic mass is 35.5. The molecule has 0 spiro atoms. The maximum absolute atomic E-state index is 12.8. The minimum absolute atomic E-state index is 0. The maximum Gasteiger partial charge on any atom is 0.336 e. The number of rotatable bonds is 4. The molecule has 2 N–H and O–H groups in total. The van der Waals surface area contributed by atoms with Crippen LogP contribution in [0.25, 0.3) is 11.0 Å². The summed E-state index contributed by atoms with van der Waals surface area (Å²) in [6.07, 6.45) is 2.72. The van der Waals surface area contributed by atoms with E-state index in [1.165, 1.54) is 22.5 Å². The molecule has 1 fully saturated rings. The van der Waals surface area contributed by atoms with Gasteiger partial charge in [0.1, 0.15) is 5.58 Å². The largest absolute Gasteiger partial charge is 0.423 e. The van der Waals surface area contributed by atoms with Gasteiger partial charge in [0.25, 0.3) is 0 Å². The van der Waals surface area contributed by atoms with Crippen LogP contribution < -0.4 is 11.4 Å². The first-order valence-corrected chi connectivity index (χ1v) is 9.19. The Kier molecular flexibility index (Phi) is 6.03. The van der Waals surface area contributed by atoms with E-state index in [1.807, 2.05) is 0 Å². The molecule has 1 aromatic carbocycles. The van der Waals surface area contributed by atoms with Crippen LogP contribution in [0.5, 0.6) is 0 Å². The molecule has 1 aliphatic rings. The van der Waals surface area contributed by atoms with Gasteiger partial charge in [-0.15, -0.1) is 12.4 Å². The Balaban J connectivity index is 0.00000208. The van der Waals surface area contributed by atoms with Gasteiger partial charge in [-0.3, -0.25) is 0 Å². The molecule has 24 heavy (non-hydrogen) atoms. The normalized spacial score (nSPS) is 19.1. The van der Waals surface area contributed by atoms with E-state index >= 15 is 0 Å². The van der Waals surface area contributed by atoms with E-state index in [0.29, 0.717) is 36.5 Å². The molecule has 1 aromatic heterocycles. The van der Waals surface area contributed by atoms with Gasteiger partial charge in [-0.05, 0) is 56.0 Å². The van der Waals surface area contributed by atoms with Crippen LogP contribution in [0.3, 0.4) is 0 Å². The van der Waals surface area contributed by atoms with Crippen LogP contribution in [0.15, 0.2) is 44.4 Å². The zero-order valence-corrected chi connectivity index (χ0v) is 14.8. The van der Waals surface area contributed by atoms with Crippen LogP contribution in [-0.4, -0.2) is 32.4 Å². The molecule has 2 heterocycles. The first-order valence-electron chi connectivity index (χ1n) is 7.75. The SMILES string of the molecule is Cl.NCCC1CCCN(S(=O)(=O)c2ccc3oc(=O)ccc3c2)C1. The Hall–Kier alpha value is -1.41. The number of nitrogens with zero attached hydrogens (tertiary/aromatic N) is 1. The lowest BCUT2D eigenvalue weighted by atomic mass is 9.96. The van der Waals surface area contributed by atoms with Crippen molar-refractivity contribution in [3.63, 3.8) is 0 Å². The first kappa shape index (κ1) is 18.9. The number of sulfonamides is 1. The summed E-state index contributed by atoms with van der Waals surface area (Å²) in [4.78, 5) is 11.4. The fourth-order valence-corrected chi connectivity index (χ4v) is 4.67.